The van der Waals surface area contributed by atoms with Crippen LogP contribution in [0.3, 0.4) is 0 Å². The summed E-state index contributed by atoms with van der Waals surface area (Å²) in [5, 5.41) is 8.22. The summed E-state index contributed by atoms with van der Waals surface area (Å²) >= 11 is 1.43. The summed E-state index contributed by atoms with van der Waals surface area (Å²) in [6.07, 6.45) is 3.24. The number of carbonyl (C=O) groups is 2. The molecule has 0 aliphatic rings. The molecular formula is C22H18N4O3S. The highest BCUT2D eigenvalue weighted by atomic mass is 32.1. The van der Waals surface area contributed by atoms with Crippen molar-refractivity contribution in [3.05, 3.63) is 83.3 Å². The Labute approximate surface area is 176 Å². The Morgan fingerprint density at radius 2 is 1.90 bits per heavy atom. The molecule has 4 aromatic rings. The van der Waals surface area contributed by atoms with Crippen LogP contribution >= 0.6 is 11.3 Å². The SMILES string of the molecule is Cc1ccc(-c2nc(CC(=O)Nc3cccc(NC(=O)c4cccnc4)c3)cs2)o1. The van der Waals surface area contributed by atoms with Gasteiger partial charge < -0.3 is 15.1 Å². The molecule has 1 aromatic carbocycles. The molecule has 3 aromatic heterocycles. The molecule has 0 saturated carbocycles. The van der Waals surface area contributed by atoms with E-state index < -0.39 is 0 Å². The number of hydrogen-bond donors (Lipinski definition) is 2. The number of pyridine rings is 1. The van der Waals surface area contributed by atoms with Gasteiger partial charge in [0, 0.05) is 29.1 Å². The van der Waals surface area contributed by atoms with Gasteiger partial charge in [-0.3, -0.25) is 14.6 Å². The maximum atomic E-state index is 12.4. The van der Waals surface area contributed by atoms with Crippen LogP contribution in [0, 0.1) is 6.92 Å². The molecule has 0 atom stereocenters. The number of benzene rings is 1. The van der Waals surface area contributed by atoms with Crippen LogP contribution in [-0.2, 0) is 11.2 Å². The van der Waals surface area contributed by atoms with Gasteiger partial charge in [0.1, 0.15) is 5.76 Å². The number of nitrogens with zero attached hydrogens (tertiary/aromatic N) is 2. The van der Waals surface area contributed by atoms with Gasteiger partial charge in [0.2, 0.25) is 5.91 Å². The second kappa shape index (κ2) is 8.71. The minimum Gasteiger partial charge on any atom is -0.459 e. The first-order valence-corrected chi connectivity index (χ1v) is 10.1. The first-order chi connectivity index (χ1) is 14.6. The molecular weight excluding hydrogens is 400 g/mol. The van der Waals surface area contributed by atoms with E-state index >= 15 is 0 Å². The Bertz CT molecular complexity index is 1180. The number of nitrogens with one attached hydrogen (secondary N) is 2. The summed E-state index contributed by atoms with van der Waals surface area (Å²) < 4.78 is 5.57. The zero-order chi connectivity index (χ0) is 20.9. The van der Waals surface area contributed by atoms with Crippen LogP contribution in [0.2, 0.25) is 0 Å². The third kappa shape index (κ3) is 4.79. The maximum absolute atomic E-state index is 12.4. The zero-order valence-corrected chi connectivity index (χ0v) is 16.9. The van der Waals surface area contributed by atoms with Gasteiger partial charge in [-0.2, -0.15) is 0 Å². The van der Waals surface area contributed by atoms with Crippen LogP contribution in [0.25, 0.3) is 10.8 Å². The number of furan rings is 1. The predicted molar refractivity (Wildman–Crippen MR) is 116 cm³/mol. The second-order valence-corrected chi connectivity index (χ2v) is 7.41. The van der Waals surface area contributed by atoms with Crippen LogP contribution in [0.15, 0.2) is 70.7 Å². The van der Waals surface area contributed by atoms with Crippen molar-refractivity contribution in [1.82, 2.24) is 9.97 Å². The van der Waals surface area contributed by atoms with Crippen molar-refractivity contribution in [3.8, 4) is 10.8 Å². The molecule has 0 bridgehead atoms. The molecule has 3 heterocycles. The van der Waals surface area contributed by atoms with E-state index in [0.29, 0.717) is 28.4 Å². The van der Waals surface area contributed by atoms with E-state index in [1.165, 1.54) is 17.5 Å². The fraction of sp³-hybridized carbons (Fsp3) is 0.0909. The van der Waals surface area contributed by atoms with Gasteiger partial charge in [-0.05, 0) is 49.4 Å². The number of amides is 2. The number of thiazole rings is 1. The standard InChI is InChI=1S/C22H18N4O3S/c1-14-7-8-19(29-14)22-26-18(13-30-22)11-20(27)24-16-5-2-6-17(10-16)25-21(28)15-4-3-9-23-12-15/h2-10,12-13H,11H2,1H3,(H,24,27)(H,25,28). The van der Waals surface area contributed by atoms with E-state index in [2.05, 4.69) is 20.6 Å². The normalized spacial score (nSPS) is 10.6. The van der Waals surface area contributed by atoms with Crippen molar-refractivity contribution in [3.63, 3.8) is 0 Å². The molecule has 30 heavy (non-hydrogen) atoms. The smallest absolute Gasteiger partial charge is 0.257 e. The molecule has 150 valence electrons. The molecule has 0 aliphatic heterocycles. The quantitative estimate of drug-likeness (QED) is 0.479. The van der Waals surface area contributed by atoms with Crippen LogP contribution in [-0.4, -0.2) is 21.8 Å². The van der Waals surface area contributed by atoms with Crippen molar-refractivity contribution in [2.45, 2.75) is 13.3 Å². The molecule has 0 radical (unpaired) electrons. The summed E-state index contributed by atoms with van der Waals surface area (Å²) in [7, 11) is 0. The summed E-state index contributed by atoms with van der Waals surface area (Å²) in [6.45, 7) is 1.87. The summed E-state index contributed by atoms with van der Waals surface area (Å²) in [5.74, 6) is 1.05. The highest BCUT2D eigenvalue weighted by molar-refractivity contribution is 7.13. The molecule has 0 fully saturated rings. The van der Waals surface area contributed by atoms with E-state index in [1.807, 2.05) is 24.4 Å². The van der Waals surface area contributed by atoms with Gasteiger partial charge in [-0.25, -0.2) is 4.98 Å². The first kappa shape index (κ1) is 19.5. The number of anilines is 2. The molecule has 0 unspecified atom stereocenters. The molecule has 0 spiro atoms. The Morgan fingerprint density at radius 3 is 2.63 bits per heavy atom. The fourth-order valence-electron chi connectivity index (χ4n) is 2.80. The lowest BCUT2D eigenvalue weighted by Gasteiger charge is -2.08. The van der Waals surface area contributed by atoms with Gasteiger partial charge in [-0.1, -0.05) is 6.07 Å². The monoisotopic (exact) mass is 418 g/mol. The molecule has 2 N–H and O–H groups in total. The number of rotatable bonds is 6. The number of aryl methyl sites for hydroxylation is 1. The Kier molecular flexibility index (Phi) is 5.67. The molecule has 4 rings (SSSR count). The minimum atomic E-state index is -0.269. The van der Waals surface area contributed by atoms with E-state index in [9.17, 15) is 9.59 Å². The van der Waals surface area contributed by atoms with Crippen molar-refractivity contribution in [2.24, 2.45) is 0 Å². The Morgan fingerprint density at radius 1 is 1.07 bits per heavy atom. The summed E-state index contributed by atoms with van der Waals surface area (Å²) in [5.41, 5.74) is 2.28. The average Bonchev–Trinajstić information content (AvgIpc) is 3.37. The number of carbonyl (C=O) groups excluding carboxylic acids is 2. The molecule has 8 heteroatoms. The van der Waals surface area contributed by atoms with Gasteiger partial charge in [0.05, 0.1) is 17.7 Å². The van der Waals surface area contributed by atoms with Crippen molar-refractivity contribution >= 4 is 34.5 Å². The molecule has 0 saturated heterocycles. The molecule has 7 nitrogen and oxygen atoms in total. The van der Waals surface area contributed by atoms with Gasteiger partial charge >= 0.3 is 0 Å². The van der Waals surface area contributed by atoms with E-state index in [1.54, 1.807) is 42.6 Å². The Balaban J connectivity index is 1.37. The van der Waals surface area contributed by atoms with Crippen LogP contribution in [0.5, 0.6) is 0 Å². The summed E-state index contributed by atoms with van der Waals surface area (Å²) in [4.78, 5) is 33.1. The Hall–Kier alpha value is -3.78. The zero-order valence-electron chi connectivity index (χ0n) is 16.1. The van der Waals surface area contributed by atoms with Crippen LogP contribution in [0.1, 0.15) is 21.8 Å². The van der Waals surface area contributed by atoms with Gasteiger partial charge in [0.15, 0.2) is 10.8 Å². The third-order valence-electron chi connectivity index (χ3n) is 4.17. The first-order valence-electron chi connectivity index (χ1n) is 9.19. The highest BCUT2D eigenvalue weighted by Crippen LogP contribution is 2.26. The van der Waals surface area contributed by atoms with E-state index in [4.69, 9.17) is 4.42 Å². The lowest BCUT2D eigenvalue weighted by atomic mass is 10.2. The molecule has 0 aliphatic carbocycles. The lowest BCUT2D eigenvalue weighted by molar-refractivity contribution is -0.115. The van der Waals surface area contributed by atoms with E-state index in [0.717, 1.165) is 10.8 Å². The van der Waals surface area contributed by atoms with Crippen molar-refractivity contribution in [2.75, 3.05) is 10.6 Å². The van der Waals surface area contributed by atoms with Crippen LogP contribution in [0.4, 0.5) is 11.4 Å². The number of hydrogen-bond acceptors (Lipinski definition) is 6. The van der Waals surface area contributed by atoms with Crippen LogP contribution < -0.4 is 10.6 Å². The molecule has 2 amide bonds. The lowest BCUT2D eigenvalue weighted by Crippen LogP contribution is -2.15. The number of aromatic nitrogens is 2. The predicted octanol–water partition coefficient (Wildman–Crippen LogP) is 4.54. The van der Waals surface area contributed by atoms with Gasteiger partial charge in [0.25, 0.3) is 5.91 Å². The van der Waals surface area contributed by atoms with Crippen molar-refractivity contribution < 1.29 is 14.0 Å². The largest absolute Gasteiger partial charge is 0.459 e. The highest BCUT2D eigenvalue weighted by Gasteiger charge is 2.12. The maximum Gasteiger partial charge on any atom is 0.257 e. The average molecular weight is 418 g/mol. The fourth-order valence-corrected chi connectivity index (χ4v) is 3.58. The minimum absolute atomic E-state index is 0.141. The summed E-state index contributed by atoms with van der Waals surface area (Å²) in [6, 6.07) is 14.1. The second-order valence-electron chi connectivity index (χ2n) is 6.56. The third-order valence-corrected chi connectivity index (χ3v) is 5.08. The van der Waals surface area contributed by atoms with E-state index in [-0.39, 0.29) is 18.2 Å². The topological polar surface area (TPSA) is 97.1 Å². The van der Waals surface area contributed by atoms with Gasteiger partial charge in [-0.15, -0.1) is 11.3 Å². The van der Waals surface area contributed by atoms with Crippen molar-refractivity contribution in [1.29, 1.82) is 0 Å².